The maximum atomic E-state index is 10.4. The number of halogens is 1. The fourth-order valence-corrected chi connectivity index (χ4v) is 2.22. The maximum absolute atomic E-state index is 10.4. The predicted molar refractivity (Wildman–Crippen MR) is 69.1 cm³/mol. The van der Waals surface area contributed by atoms with E-state index in [1.54, 1.807) is 6.07 Å². The van der Waals surface area contributed by atoms with Gasteiger partial charge in [0, 0.05) is 11.9 Å². The van der Waals surface area contributed by atoms with Crippen molar-refractivity contribution < 1.29 is 9.52 Å². The summed E-state index contributed by atoms with van der Waals surface area (Å²) in [5, 5.41) is 11.9. The SMILES string of the molecule is CCCC(O)(CN)c1cc2cccc(Cl)c2o1. The van der Waals surface area contributed by atoms with Crippen LogP contribution in [0.15, 0.2) is 28.7 Å². The van der Waals surface area contributed by atoms with Crippen molar-refractivity contribution in [3.63, 3.8) is 0 Å². The van der Waals surface area contributed by atoms with Gasteiger partial charge in [0.25, 0.3) is 0 Å². The van der Waals surface area contributed by atoms with Crippen LogP contribution >= 0.6 is 11.6 Å². The molecule has 92 valence electrons. The van der Waals surface area contributed by atoms with Gasteiger partial charge in [-0.15, -0.1) is 0 Å². The Morgan fingerprint density at radius 3 is 2.82 bits per heavy atom. The van der Waals surface area contributed by atoms with Gasteiger partial charge < -0.3 is 15.3 Å². The second-order valence-electron chi connectivity index (χ2n) is 4.25. The predicted octanol–water partition coefficient (Wildman–Crippen LogP) is 3.03. The highest BCUT2D eigenvalue weighted by molar-refractivity contribution is 6.34. The standard InChI is InChI=1S/C13H16ClNO2/c1-2-6-13(16,8-15)11-7-9-4-3-5-10(14)12(9)17-11/h3-5,7,16H,2,6,8,15H2,1H3. The third kappa shape index (κ3) is 2.18. The Balaban J connectivity index is 2.52. The van der Waals surface area contributed by atoms with Gasteiger partial charge in [-0.25, -0.2) is 0 Å². The van der Waals surface area contributed by atoms with Crippen LogP contribution in [-0.2, 0) is 5.60 Å². The van der Waals surface area contributed by atoms with E-state index in [9.17, 15) is 5.11 Å². The van der Waals surface area contributed by atoms with E-state index in [0.29, 0.717) is 22.8 Å². The minimum atomic E-state index is -1.10. The van der Waals surface area contributed by atoms with E-state index in [-0.39, 0.29) is 6.54 Å². The van der Waals surface area contributed by atoms with Gasteiger partial charge in [-0.3, -0.25) is 0 Å². The van der Waals surface area contributed by atoms with Crippen molar-refractivity contribution in [1.29, 1.82) is 0 Å². The van der Waals surface area contributed by atoms with Crippen molar-refractivity contribution in [2.45, 2.75) is 25.4 Å². The number of hydrogen-bond acceptors (Lipinski definition) is 3. The highest BCUT2D eigenvalue weighted by Gasteiger charge is 2.30. The van der Waals surface area contributed by atoms with Crippen LogP contribution in [0.25, 0.3) is 11.0 Å². The fourth-order valence-electron chi connectivity index (χ4n) is 2.00. The van der Waals surface area contributed by atoms with E-state index in [1.807, 2.05) is 25.1 Å². The molecule has 17 heavy (non-hydrogen) atoms. The van der Waals surface area contributed by atoms with Crippen LogP contribution in [0, 0.1) is 0 Å². The Labute approximate surface area is 105 Å². The largest absolute Gasteiger partial charge is 0.456 e. The van der Waals surface area contributed by atoms with Crippen molar-refractivity contribution >= 4 is 22.6 Å². The first-order chi connectivity index (χ1) is 8.10. The highest BCUT2D eigenvalue weighted by Crippen LogP contribution is 2.33. The lowest BCUT2D eigenvalue weighted by Crippen LogP contribution is -2.34. The summed E-state index contributed by atoms with van der Waals surface area (Å²) in [6.07, 6.45) is 1.40. The number of aliphatic hydroxyl groups is 1. The van der Waals surface area contributed by atoms with Gasteiger partial charge in [-0.1, -0.05) is 37.1 Å². The van der Waals surface area contributed by atoms with Crippen molar-refractivity contribution in [1.82, 2.24) is 0 Å². The molecule has 0 spiro atoms. The zero-order valence-corrected chi connectivity index (χ0v) is 10.5. The molecule has 4 heteroatoms. The molecular formula is C13H16ClNO2. The van der Waals surface area contributed by atoms with Crippen molar-refractivity contribution in [2.75, 3.05) is 6.54 Å². The monoisotopic (exact) mass is 253 g/mol. The molecule has 0 aliphatic rings. The molecule has 2 rings (SSSR count). The molecule has 0 aliphatic carbocycles. The van der Waals surface area contributed by atoms with Crippen LogP contribution < -0.4 is 5.73 Å². The summed E-state index contributed by atoms with van der Waals surface area (Å²) in [5.41, 5.74) is 5.15. The van der Waals surface area contributed by atoms with Crippen molar-refractivity contribution in [3.8, 4) is 0 Å². The lowest BCUT2D eigenvalue weighted by molar-refractivity contribution is 0.0158. The lowest BCUT2D eigenvalue weighted by atomic mass is 9.95. The number of rotatable bonds is 4. The third-order valence-corrected chi connectivity index (χ3v) is 3.25. The number of nitrogens with two attached hydrogens (primary N) is 1. The number of fused-ring (bicyclic) bond motifs is 1. The molecule has 3 nitrogen and oxygen atoms in total. The molecule has 0 aliphatic heterocycles. The van der Waals surface area contributed by atoms with Gasteiger partial charge in [0.15, 0.2) is 5.58 Å². The molecule has 1 aromatic heterocycles. The quantitative estimate of drug-likeness (QED) is 0.881. The second-order valence-corrected chi connectivity index (χ2v) is 4.66. The molecule has 2 aromatic rings. The minimum absolute atomic E-state index is 0.137. The molecule has 1 atom stereocenters. The smallest absolute Gasteiger partial charge is 0.153 e. The van der Waals surface area contributed by atoms with Gasteiger partial charge >= 0.3 is 0 Å². The molecule has 1 aromatic carbocycles. The number of para-hydroxylation sites is 1. The Kier molecular flexibility index (Phi) is 3.43. The van der Waals surface area contributed by atoms with Gasteiger partial charge in [0.1, 0.15) is 11.4 Å². The zero-order valence-electron chi connectivity index (χ0n) is 9.74. The topological polar surface area (TPSA) is 59.4 Å². The first-order valence-corrected chi connectivity index (χ1v) is 6.09. The highest BCUT2D eigenvalue weighted by atomic mass is 35.5. The summed E-state index contributed by atoms with van der Waals surface area (Å²) in [5.74, 6) is 0.491. The molecule has 1 heterocycles. The van der Waals surface area contributed by atoms with E-state index in [1.165, 1.54) is 0 Å². The van der Waals surface area contributed by atoms with E-state index in [4.69, 9.17) is 21.8 Å². The van der Waals surface area contributed by atoms with Crippen LogP contribution in [0.5, 0.6) is 0 Å². The Morgan fingerprint density at radius 1 is 1.47 bits per heavy atom. The maximum Gasteiger partial charge on any atom is 0.153 e. The summed E-state index contributed by atoms with van der Waals surface area (Å²) in [6, 6.07) is 7.32. The summed E-state index contributed by atoms with van der Waals surface area (Å²) in [4.78, 5) is 0. The van der Waals surface area contributed by atoms with Crippen LogP contribution in [0.1, 0.15) is 25.5 Å². The van der Waals surface area contributed by atoms with Crippen LogP contribution in [0.4, 0.5) is 0 Å². The summed E-state index contributed by atoms with van der Waals surface area (Å²) < 4.78 is 5.65. The normalized spacial score (nSPS) is 15.1. The van der Waals surface area contributed by atoms with Crippen molar-refractivity contribution in [2.24, 2.45) is 5.73 Å². The summed E-state index contributed by atoms with van der Waals surface area (Å²) in [7, 11) is 0. The molecule has 0 amide bonds. The van der Waals surface area contributed by atoms with Gasteiger partial charge in [-0.05, 0) is 18.6 Å². The Morgan fingerprint density at radius 2 is 2.24 bits per heavy atom. The van der Waals surface area contributed by atoms with Gasteiger partial charge in [0.2, 0.25) is 0 Å². The Bertz CT molecular complexity index is 523. The lowest BCUT2D eigenvalue weighted by Gasteiger charge is -2.23. The number of hydrogen-bond donors (Lipinski definition) is 2. The molecule has 3 N–H and O–H groups in total. The van der Waals surface area contributed by atoms with Crippen LogP contribution in [0.3, 0.4) is 0 Å². The molecular weight excluding hydrogens is 238 g/mol. The van der Waals surface area contributed by atoms with E-state index < -0.39 is 5.60 Å². The van der Waals surface area contributed by atoms with Crippen LogP contribution in [-0.4, -0.2) is 11.7 Å². The third-order valence-electron chi connectivity index (χ3n) is 2.96. The van der Waals surface area contributed by atoms with E-state index in [0.717, 1.165) is 11.8 Å². The van der Waals surface area contributed by atoms with Crippen molar-refractivity contribution in [3.05, 3.63) is 35.0 Å². The average Bonchev–Trinajstić information content (AvgIpc) is 2.75. The average molecular weight is 254 g/mol. The number of furan rings is 1. The van der Waals surface area contributed by atoms with E-state index >= 15 is 0 Å². The summed E-state index contributed by atoms with van der Waals surface area (Å²) in [6.45, 7) is 2.13. The Hall–Kier alpha value is -1.03. The summed E-state index contributed by atoms with van der Waals surface area (Å²) >= 11 is 6.03. The molecule has 1 unspecified atom stereocenters. The van der Waals surface area contributed by atoms with Gasteiger partial charge in [0.05, 0.1) is 5.02 Å². The molecule has 0 radical (unpaired) electrons. The molecule has 0 saturated heterocycles. The minimum Gasteiger partial charge on any atom is -0.456 e. The fraction of sp³-hybridized carbons (Fsp3) is 0.385. The molecule has 0 bridgehead atoms. The van der Waals surface area contributed by atoms with Gasteiger partial charge in [-0.2, -0.15) is 0 Å². The molecule has 0 fully saturated rings. The first kappa shape index (κ1) is 12.4. The molecule has 0 saturated carbocycles. The zero-order chi connectivity index (χ0) is 12.5. The van der Waals surface area contributed by atoms with Crippen LogP contribution in [0.2, 0.25) is 5.02 Å². The first-order valence-electron chi connectivity index (χ1n) is 5.71. The van der Waals surface area contributed by atoms with E-state index in [2.05, 4.69) is 0 Å². The second kappa shape index (κ2) is 4.69. The number of benzene rings is 1.